The summed E-state index contributed by atoms with van der Waals surface area (Å²) < 4.78 is 27.2. The quantitative estimate of drug-likeness (QED) is 0.881. The Kier molecular flexibility index (Phi) is 3.61. The van der Waals surface area contributed by atoms with Crippen molar-refractivity contribution in [1.82, 2.24) is 0 Å². The standard InChI is InChI=1S/C15H18F2O2/c1-15(2)6-5-10(14(18)19)12(8-15)11-7-9(16)3-4-13(11)17/h3-4,7,10,12H,5-6,8H2,1-2H3,(H,18,19). The minimum absolute atomic E-state index is 0.0463. The van der Waals surface area contributed by atoms with Gasteiger partial charge in [0.2, 0.25) is 0 Å². The van der Waals surface area contributed by atoms with Gasteiger partial charge in [0.1, 0.15) is 11.6 Å². The molecule has 1 fully saturated rings. The second-order valence-electron chi connectivity index (χ2n) is 6.12. The second-order valence-corrected chi connectivity index (χ2v) is 6.12. The Morgan fingerprint density at radius 2 is 2.05 bits per heavy atom. The lowest BCUT2D eigenvalue weighted by molar-refractivity contribution is -0.144. The van der Waals surface area contributed by atoms with E-state index in [9.17, 15) is 18.7 Å². The molecule has 1 aromatic carbocycles. The fourth-order valence-corrected chi connectivity index (χ4v) is 3.01. The van der Waals surface area contributed by atoms with Crippen molar-refractivity contribution in [3.05, 3.63) is 35.4 Å². The first kappa shape index (κ1) is 14.0. The van der Waals surface area contributed by atoms with Crippen LogP contribution in [0.1, 0.15) is 44.6 Å². The number of carboxylic acid groups (broad SMARTS) is 1. The first-order valence-electron chi connectivity index (χ1n) is 6.48. The Bertz CT molecular complexity index is 497. The molecule has 1 saturated carbocycles. The molecule has 104 valence electrons. The molecular weight excluding hydrogens is 250 g/mol. The molecule has 0 saturated heterocycles. The number of hydrogen-bond donors (Lipinski definition) is 1. The molecule has 0 aromatic heterocycles. The normalized spacial score (nSPS) is 26.1. The molecule has 0 bridgehead atoms. The molecule has 0 radical (unpaired) electrons. The van der Waals surface area contributed by atoms with E-state index in [1.165, 1.54) is 0 Å². The molecule has 1 N–H and O–H groups in total. The molecule has 0 aliphatic heterocycles. The van der Waals surface area contributed by atoms with Crippen molar-refractivity contribution in [1.29, 1.82) is 0 Å². The highest BCUT2D eigenvalue weighted by Crippen LogP contribution is 2.47. The van der Waals surface area contributed by atoms with Crippen LogP contribution < -0.4 is 0 Å². The van der Waals surface area contributed by atoms with Gasteiger partial charge < -0.3 is 5.11 Å². The van der Waals surface area contributed by atoms with Crippen LogP contribution in [-0.4, -0.2) is 11.1 Å². The zero-order valence-electron chi connectivity index (χ0n) is 11.1. The maximum Gasteiger partial charge on any atom is 0.307 e. The molecule has 1 aromatic rings. The van der Waals surface area contributed by atoms with Crippen molar-refractivity contribution < 1.29 is 18.7 Å². The Labute approximate surface area is 111 Å². The molecule has 0 heterocycles. The van der Waals surface area contributed by atoms with Crippen LogP contribution in [0.4, 0.5) is 8.78 Å². The van der Waals surface area contributed by atoms with Gasteiger partial charge in [0.15, 0.2) is 0 Å². The Hall–Kier alpha value is -1.45. The topological polar surface area (TPSA) is 37.3 Å². The Morgan fingerprint density at radius 3 is 2.68 bits per heavy atom. The zero-order valence-corrected chi connectivity index (χ0v) is 11.1. The maximum absolute atomic E-state index is 13.9. The van der Waals surface area contributed by atoms with Gasteiger partial charge in [-0.1, -0.05) is 13.8 Å². The minimum atomic E-state index is -0.927. The molecule has 19 heavy (non-hydrogen) atoms. The first-order valence-corrected chi connectivity index (χ1v) is 6.48. The molecule has 2 atom stereocenters. The smallest absolute Gasteiger partial charge is 0.307 e. The van der Waals surface area contributed by atoms with Gasteiger partial charge in [-0.05, 0) is 48.4 Å². The van der Waals surface area contributed by atoms with Gasteiger partial charge in [-0.25, -0.2) is 8.78 Å². The van der Waals surface area contributed by atoms with Crippen LogP contribution in [0, 0.1) is 23.0 Å². The zero-order chi connectivity index (χ0) is 14.2. The fourth-order valence-electron chi connectivity index (χ4n) is 3.01. The van der Waals surface area contributed by atoms with E-state index < -0.39 is 29.4 Å². The largest absolute Gasteiger partial charge is 0.481 e. The van der Waals surface area contributed by atoms with E-state index in [4.69, 9.17) is 0 Å². The first-order chi connectivity index (χ1) is 8.80. The molecule has 0 amide bonds. The average Bonchev–Trinajstić information content (AvgIpc) is 2.30. The molecule has 4 heteroatoms. The number of halogens is 2. The van der Waals surface area contributed by atoms with Gasteiger partial charge in [-0.2, -0.15) is 0 Å². The van der Waals surface area contributed by atoms with Crippen LogP contribution >= 0.6 is 0 Å². The van der Waals surface area contributed by atoms with Gasteiger partial charge >= 0.3 is 5.97 Å². The van der Waals surface area contributed by atoms with Crippen molar-refractivity contribution in [3.63, 3.8) is 0 Å². The number of carbonyl (C=O) groups is 1. The van der Waals surface area contributed by atoms with Crippen LogP contribution in [-0.2, 0) is 4.79 Å². The lowest BCUT2D eigenvalue weighted by atomic mass is 9.65. The van der Waals surface area contributed by atoms with Crippen molar-refractivity contribution >= 4 is 5.97 Å². The minimum Gasteiger partial charge on any atom is -0.481 e. The predicted molar refractivity (Wildman–Crippen MR) is 67.9 cm³/mol. The SMILES string of the molecule is CC1(C)CCC(C(=O)O)C(c2cc(F)ccc2F)C1. The summed E-state index contributed by atoms with van der Waals surface area (Å²) in [4.78, 5) is 11.3. The predicted octanol–water partition coefficient (Wildman–Crippen LogP) is 3.96. The van der Waals surface area contributed by atoms with E-state index in [0.717, 1.165) is 24.6 Å². The van der Waals surface area contributed by atoms with Crippen molar-refractivity contribution in [2.45, 2.75) is 39.0 Å². The summed E-state index contributed by atoms with van der Waals surface area (Å²) in [5, 5.41) is 9.28. The number of carboxylic acids is 1. The number of benzene rings is 1. The number of hydrogen-bond acceptors (Lipinski definition) is 1. The summed E-state index contributed by atoms with van der Waals surface area (Å²) in [5.74, 6) is -3.07. The van der Waals surface area contributed by atoms with Crippen LogP contribution in [0.15, 0.2) is 18.2 Å². The van der Waals surface area contributed by atoms with E-state index in [-0.39, 0.29) is 11.0 Å². The van der Waals surface area contributed by atoms with E-state index in [2.05, 4.69) is 0 Å². The molecule has 1 aliphatic rings. The molecule has 0 spiro atoms. The van der Waals surface area contributed by atoms with Gasteiger partial charge in [0.05, 0.1) is 5.92 Å². The van der Waals surface area contributed by atoms with Crippen LogP contribution in [0.3, 0.4) is 0 Å². The van der Waals surface area contributed by atoms with Crippen LogP contribution in [0.2, 0.25) is 0 Å². The lowest BCUT2D eigenvalue weighted by Crippen LogP contribution is -2.33. The molecule has 1 aliphatic carbocycles. The Balaban J connectivity index is 2.41. The fraction of sp³-hybridized carbons (Fsp3) is 0.533. The second kappa shape index (κ2) is 4.91. The van der Waals surface area contributed by atoms with Gasteiger partial charge in [0.25, 0.3) is 0 Å². The summed E-state index contributed by atoms with van der Waals surface area (Å²) in [7, 11) is 0. The molecule has 2 unspecified atom stereocenters. The Morgan fingerprint density at radius 1 is 1.37 bits per heavy atom. The molecular formula is C15H18F2O2. The van der Waals surface area contributed by atoms with Crippen molar-refractivity contribution in [2.75, 3.05) is 0 Å². The average molecular weight is 268 g/mol. The summed E-state index contributed by atoms with van der Waals surface area (Å²) in [6.07, 6.45) is 1.85. The van der Waals surface area contributed by atoms with Gasteiger partial charge in [-0.15, -0.1) is 0 Å². The third-order valence-electron chi connectivity index (χ3n) is 4.07. The number of rotatable bonds is 2. The molecule has 2 rings (SSSR count). The third-order valence-corrected chi connectivity index (χ3v) is 4.07. The van der Waals surface area contributed by atoms with E-state index in [0.29, 0.717) is 12.8 Å². The maximum atomic E-state index is 13.9. The highest BCUT2D eigenvalue weighted by molar-refractivity contribution is 5.71. The number of aliphatic carboxylic acids is 1. The summed E-state index contributed by atoms with van der Waals surface area (Å²) in [6.45, 7) is 4.07. The van der Waals surface area contributed by atoms with E-state index in [1.807, 2.05) is 13.8 Å². The van der Waals surface area contributed by atoms with Crippen molar-refractivity contribution in [2.24, 2.45) is 11.3 Å². The monoisotopic (exact) mass is 268 g/mol. The van der Waals surface area contributed by atoms with Gasteiger partial charge in [0, 0.05) is 5.92 Å². The van der Waals surface area contributed by atoms with Crippen LogP contribution in [0.5, 0.6) is 0 Å². The van der Waals surface area contributed by atoms with Gasteiger partial charge in [-0.3, -0.25) is 4.79 Å². The highest BCUT2D eigenvalue weighted by Gasteiger charge is 2.40. The summed E-state index contributed by atoms with van der Waals surface area (Å²) >= 11 is 0. The highest BCUT2D eigenvalue weighted by atomic mass is 19.1. The van der Waals surface area contributed by atoms with E-state index in [1.54, 1.807) is 0 Å². The molecule has 2 nitrogen and oxygen atoms in total. The van der Waals surface area contributed by atoms with Crippen LogP contribution in [0.25, 0.3) is 0 Å². The van der Waals surface area contributed by atoms with Crippen molar-refractivity contribution in [3.8, 4) is 0 Å². The third kappa shape index (κ3) is 2.94. The summed E-state index contributed by atoms with van der Waals surface area (Å²) in [5.41, 5.74) is 0.148. The lowest BCUT2D eigenvalue weighted by Gasteiger charge is -2.39. The summed E-state index contributed by atoms with van der Waals surface area (Å²) in [6, 6.07) is 3.27. The van der Waals surface area contributed by atoms with E-state index >= 15 is 0 Å².